The molecule has 0 saturated carbocycles. The van der Waals surface area contributed by atoms with Crippen molar-refractivity contribution < 1.29 is 4.79 Å². The third kappa shape index (κ3) is 5.07. The number of amides is 1. The van der Waals surface area contributed by atoms with Crippen LogP contribution in [0.3, 0.4) is 0 Å². The van der Waals surface area contributed by atoms with Gasteiger partial charge in [-0.2, -0.15) is 0 Å². The highest BCUT2D eigenvalue weighted by atomic mass is 35.5. The van der Waals surface area contributed by atoms with Crippen molar-refractivity contribution >= 4 is 47.2 Å². The molecule has 0 bridgehead atoms. The zero-order valence-corrected chi connectivity index (χ0v) is 11.5. The number of nitrogens with zero attached hydrogens (tertiary/aromatic N) is 2. The minimum Gasteiger partial charge on any atom is -0.320 e. The number of carbonyl (C=O) groups is 1. The minimum atomic E-state index is -0.483. The van der Waals surface area contributed by atoms with E-state index in [1.54, 1.807) is 5.51 Å². The van der Waals surface area contributed by atoms with Gasteiger partial charge in [-0.3, -0.25) is 10.1 Å². The molecule has 1 amide bonds. The van der Waals surface area contributed by atoms with Gasteiger partial charge >= 0.3 is 0 Å². The van der Waals surface area contributed by atoms with E-state index in [1.165, 1.54) is 11.3 Å². The van der Waals surface area contributed by atoms with E-state index in [0.717, 1.165) is 6.42 Å². The number of anilines is 1. The quantitative estimate of drug-likeness (QED) is 0.883. The van der Waals surface area contributed by atoms with Crippen molar-refractivity contribution in [3.8, 4) is 0 Å². The Morgan fingerprint density at radius 3 is 2.69 bits per heavy atom. The van der Waals surface area contributed by atoms with Crippen molar-refractivity contribution in [1.82, 2.24) is 10.2 Å². The predicted octanol–water partition coefficient (Wildman–Crippen LogP) is 1.69. The Bertz CT molecular complexity index is 296. The average molecular weight is 287 g/mol. The molecule has 0 aliphatic rings. The Morgan fingerprint density at radius 1 is 1.62 bits per heavy atom. The van der Waals surface area contributed by atoms with E-state index in [1.807, 2.05) is 13.8 Å². The highest BCUT2D eigenvalue weighted by Gasteiger charge is 2.19. The summed E-state index contributed by atoms with van der Waals surface area (Å²) < 4.78 is 0. The number of rotatable bonds is 4. The lowest BCUT2D eigenvalue weighted by Crippen LogP contribution is -2.40. The Morgan fingerprint density at radius 2 is 2.25 bits per heavy atom. The Kier molecular flexibility index (Phi) is 9.75. The largest absolute Gasteiger partial charge is 0.320 e. The number of hydrogen-bond donors (Lipinski definition) is 2. The Labute approximate surface area is 111 Å². The van der Waals surface area contributed by atoms with Crippen molar-refractivity contribution in [3.63, 3.8) is 0 Å². The fourth-order valence-electron chi connectivity index (χ4n) is 0.929. The predicted molar refractivity (Wildman–Crippen MR) is 70.5 cm³/mol. The van der Waals surface area contributed by atoms with Crippen LogP contribution in [0.25, 0.3) is 0 Å². The van der Waals surface area contributed by atoms with Gasteiger partial charge in [0.2, 0.25) is 11.0 Å². The molecule has 16 heavy (non-hydrogen) atoms. The summed E-state index contributed by atoms with van der Waals surface area (Å²) in [6, 6.07) is -0.483. The molecule has 0 aliphatic heterocycles. The molecular weight excluding hydrogens is 271 g/mol. The van der Waals surface area contributed by atoms with Gasteiger partial charge in [0.25, 0.3) is 0 Å². The van der Waals surface area contributed by atoms with E-state index in [9.17, 15) is 4.79 Å². The molecule has 1 rings (SSSR count). The Balaban J connectivity index is 0. The molecule has 0 spiro atoms. The molecule has 0 aliphatic carbocycles. The topological polar surface area (TPSA) is 80.9 Å². The lowest BCUT2D eigenvalue weighted by molar-refractivity contribution is -0.118. The zero-order chi connectivity index (χ0) is 10.6. The monoisotopic (exact) mass is 286 g/mol. The van der Waals surface area contributed by atoms with Gasteiger partial charge in [0.1, 0.15) is 5.51 Å². The number of carbonyl (C=O) groups excluding carboxylic acids is 1. The number of halogens is 2. The highest BCUT2D eigenvalue weighted by Crippen LogP contribution is 2.11. The number of nitrogens with one attached hydrogen (secondary N) is 1. The molecular formula is C8H16Cl2N4OS. The minimum absolute atomic E-state index is 0. The summed E-state index contributed by atoms with van der Waals surface area (Å²) in [5, 5.41) is 10.4. The van der Waals surface area contributed by atoms with Gasteiger partial charge in [-0.15, -0.1) is 35.0 Å². The van der Waals surface area contributed by atoms with Crippen molar-refractivity contribution in [3.05, 3.63) is 5.51 Å². The lowest BCUT2D eigenvalue weighted by atomic mass is 10.00. The van der Waals surface area contributed by atoms with Gasteiger partial charge in [-0.25, -0.2) is 0 Å². The summed E-state index contributed by atoms with van der Waals surface area (Å²) in [7, 11) is 0. The van der Waals surface area contributed by atoms with Crippen LogP contribution >= 0.6 is 36.2 Å². The van der Waals surface area contributed by atoms with Gasteiger partial charge in [0, 0.05) is 0 Å². The first-order valence-corrected chi connectivity index (χ1v) is 5.35. The maximum Gasteiger partial charge on any atom is 0.243 e. The van der Waals surface area contributed by atoms with Crippen LogP contribution in [0.15, 0.2) is 5.51 Å². The van der Waals surface area contributed by atoms with Crippen LogP contribution < -0.4 is 11.1 Å². The smallest absolute Gasteiger partial charge is 0.243 e. The third-order valence-electron chi connectivity index (χ3n) is 2.15. The fraction of sp³-hybridized carbons (Fsp3) is 0.625. The zero-order valence-electron chi connectivity index (χ0n) is 9.04. The van der Waals surface area contributed by atoms with Gasteiger partial charge in [-0.05, 0) is 5.92 Å². The second-order valence-electron chi connectivity index (χ2n) is 3.14. The Hall–Kier alpha value is -0.430. The van der Waals surface area contributed by atoms with E-state index in [0.29, 0.717) is 5.13 Å². The van der Waals surface area contributed by atoms with Crippen LogP contribution in [0.2, 0.25) is 0 Å². The van der Waals surface area contributed by atoms with Crippen molar-refractivity contribution in [1.29, 1.82) is 0 Å². The second-order valence-corrected chi connectivity index (χ2v) is 3.98. The van der Waals surface area contributed by atoms with Crippen molar-refractivity contribution in [2.45, 2.75) is 26.3 Å². The highest BCUT2D eigenvalue weighted by molar-refractivity contribution is 7.13. The van der Waals surface area contributed by atoms with E-state index < -0.39 is 6.04 Å². The molecule has 1 aromatic rings. The third-order valence-corrected chi connectivity index (χ3v) is 2.76. The average Bonchev–Trinajstić information content (AvgIpc) is 2.68. The van der Waals surface area contributed by atoms with E-state index in [4.69, 9.17) is 5.73 Å². The van der Waals surface area contributed by atoms with Crippen LogP contribution in [0.4, 0.5) is 5.13 Å². The van der Waals surface area contributed by atoms with Gasteiger partial charge < -0.3 is 5.73 Å². The molecule has 0 fully saturated rings. The molecule has 2 atom stereocenters. The number of nitrogens with two attached hydrogens (primary N) is 1. The molecule has 1 unspecified atom stereocenters. The molecule has 0 radical (unpaired) electrons. The normalized spacial score (nSPS) is 12.9. The van der Waals surface area contributed by atoms with Crippen LogP contribution in [-0.4, -0.2) is 22.1 Å². The van der Waals surface area contributed by atoms with Crippen LogP contribution in [0.5, 0.6) is 0 Å². The number of aromatic nitrogens is 2. The summed E-state index contributed by atoms with van der Waals surface area (Å²) in [5.74, 6) is -0.0287. The molecule has 3 N–H and O–H groups in total. The van der Waals surface area contributed by atoms with Gasteiger partial charge in [-0.1, -0.05) is 31.6 Å². The molecule has 94 valence electrons. The summed E-state index contributed by atoms with van der Waals surface area (Å²) in [6.45, 7) is 3.95. The van der Waals surface area contributed by atoms with E-state index in [-0.39, 0.29) is 36.6 Å². The van der Waals surface area contributed by atoms with Gasteiger partial charge in [0.05, 0.1) is 6.04 Å². The van der Waals surface area contributed by atoms with Crippen molar-refractivity contribution in [2.75, 3.05) is 5.32 Å². The van der Waals surface area contributed by atoms with Crippen LogP contribution in [0, 0.1) is 5.92 Å². The molecule has 8 heteroatoms. The summed E-state index contributed by atoms with van der Waals surface area (Å²) in [4.78, 5) is 11.5. The molecule has 0 saturated heterocycles. The fourth-order valence-corrected chi connectivity index (χ4v) is 1.38. The lowest BCUT2D eigenvalue weighted by Gasteiger charge is -2.16. The van der Waals surface area contributed by atoms with E-state index in [2.05, 4.69) is 15.5 Å². The molecule has 0 aromatic carbocycles. The molecule has 1 aromatic heterocycles. The van der Waals surface area contributed by atoms with Crippen molar-refractivity contribution in [2.24, 2.45) is 11.7 Å². The number of hydrogen-bond acceptors (Lipinski definition) is 5. The summed E-state index contributed by atoms with van der Waals surface area (Å²) >= 11 is 1.28. The SMILES string of the molecule is CCC(C)[C@H](N)C(=O)Nc1nncs1.Cl.Cl. The maximum atomic E-state index is 11.5. The summed E-state index contributed by atoms with van der Waals surface area (Å²) in [6.07, 6.45) is 0.880. The van der Waals surface area contributed by atoms with E-state index >= 15 is 0 Å². The first kappa shape index (κ1) is 17.9. The van der Waals surface area contributed by atoms with Crippen LogP contribution in [0.1, 0.15) is 20.3 Å². The first-order chi connectivity index (χ1) is 6.65. The standard InChI is InChI=1S/C8H14N4OS.2ClH/c1-3-5(2)6(9)7(13)11-8-12-10-4-14-8;;/h4-6H,3,9H2,1-2H3,(H,11,12,13);2*1H/t5?,6-;;/m0../s1. The summed E-state index contributed by atoms with van der Waals surface area (Å²) in [5.41, 5.74) is 7.29. The molecule has 1 heterocycles. The second kappa shape index (κ2) is 8.69. The first-order valence-electron chi connectivity index (χ1n) is 4.47. The molecule has 5 nitrogen and oxygen atoms in total. The maximum absolute atomic E-state index is 11.5. The van der Waals surface area contributed by atoms with Crippen LogP contribution in [-0.2, 0) is 4.79 Å². The van der Waals surface area contributed by atoms with Gasteiger partial charge in [0.15, 0.2) is 0 Å².